The molecule has 6 atom stereocenters. The van der Waals surface area contributed by atoms with Crippen molar-refractivity contribution in [2.75, 3.05) is 7.11 Å². The first kappa shape index (κ1) is 41.3. The van der Waals surface area contributed by atoms with Crippen molar-refractivity contribution in [1.29, 1.82) is 0 Å². The Morgan fingerprint density at radius 2 is 1.75 bits per heavy atom. The summed E-state index contributed by atoms with van der Waals surface area (Å²) >= 11 is 0. The van der Waals surface area contributed by atoms with Gasteiger partial charge >= 0.3 is 5.97 Å². The van der Waals surface area contributed by atoms with Crippen LogP contribution in [0.2, 0.25) is 18.1 Å². The molecular weight excluding hydrogens is 675 g/mol. The van der Waals surface area contributed by atoms with Crippen LogP contribution >= 0.6 is 0 Å². The fourth-order valence-corrected chi connectivity index (χ4v) is 7.72. The fraction of sp³-hybridized carbons (Fsp3) is 0.571. The molecule has 0 aliphatic carbocycles. The third-order valence-electron chi connectivity index (χ3n) is 10.9. The number of aliphatic hydroxyl groups excluding tert-OH is 1. The van der Waals surface area contributed by atoms with Crippen LogP contribution in [0.1, 0.15) is 106 Å². The van der Waals surface area contributed by atoms with Gasteiger partial charge in [-0.2, -0.15) is 0 Å². The van der Waals surface area contributed by atoms with Crippen molar-refractivity contribution in [2.45, 2.75) is 136 Å². The van der Waals surface area contributed by atoms with Crippen molar-refractivity contribution < 1.29 is 38.1 Å². The lowest BCUT2D eigenvalue weighted by Gasteiger charge is -2.42. The molecule has 2 heterocycles. The number of aromatic hydroxyl groups is 1. The van der Waals surface area contributed by atoms with Crippen molar-refractivity contribution in [3.05, 3.63) is 82.6 Å². The van der Waals surface area contributed by atoms with Gasteiger partial charge in [0.1, 0.15) is 35.1 Å². The van der Waals surface area contributed by atoms with Crippen molar-refractivity contribution in [2.24, 2.45) is 11.8 Å². The Morgan fingerprint density at radius 3 is 2.38 bits per heavy atom. The zero-order valence-electron chi connectivity index (χ0n) is 32.9. The number of fused-ring (bicyclic) bond motifs is 1. The quantitative estimate of drug-likeness (QED) is 0.0974. The molecule has 52 heavy (non-hydrogen) atoms. The average molecular weight is 736 g/mol. The Bertz CT molecular complexity index is 1630. The van der Waals surface area contributed by atoms with E-state index in [4.69, 9.17) is 28.0 Å². The van der Waals surface area contributed by atoms with E-state index in [1.807, 2.05) is 36.4 Å². The highest BCUT2D eigenvalue weighted by atomic mass is 28.4. The molecule has 1 aliphatic heterocycles. The molecule has 0 unspecified atom stereocenters. The lowest BCUT2D eigenvalue weighted by atomic mass is 9.90. The molecule has 0 saturated carbocycles. The minimum Gasteiger partial charge on any atom is -0.507 e. The molecule has 0 bridgehead atoms. The highest BCUT2D eigenvalue weighted by Gasteiger charge is 2.42. The van der Waals surface area contributed by atoms with E-state index in [0.29, 0.717) is 43.4 Å². The lowest BCUT2D eigenvalue weighted by molar-refractivity contribution is -0.0370. The van der Waals surface area contributed by atoms with Crippen LogP contribution in [0.25, 0.3) is 6.08 Å². The van der Waals surface area contributed by atoms with Crippen LogP contribution in [0, 0.1) is 11.8 Å². The first-order chi connectivity index (χ1) is 24.5. The average Bonchev–Trinajstić information content (AvgIpc) is 3.55. The number of hydrogen-bond acceptors (Lipinski definition) is 9. The first-order valence-electron chi connectivity index (χ1n) is 18.8. The number of phenols is 1. The van der Waals surface area contributed by atoms with Crippen LogP contribution in [0.15, 0.2) is 53.2 Å². The van der Waals surface area contributed by atoms with E-state index < -0.39 is 26.5 Å². The maximum Gasteiger partial charge on any atom is 0.342 e. The summed E-state index contributed by atoms with van der Waals surface area (Å²) in [4.78, 5) is 17.7. The zero-order valence-corrected chi connectivity index (χ0v) is 33.9. The second kappa shape index (κ2) is 18.1. The van der Waals surface area contributed by atoms with Crippen molar-refractivity contribution in [3.8, 4) is 11.5 Å². The second-order valence-corrected chi connectivity index (χ2v) is 20.7. The zero-order chi connectivity index (χ0) is 38.2. The molecular formula is C42H61NO8Si. The van der Waals surface area contributed by atoms with E-state index in [9.17, 15) is 15.0 Å². The van der Waals surface area contributed by atoms with Gasteiger partial charge in [-0.3, -0.25) is 0 Å². The summed E-state index contributed by atoms with van der Waals surface area (Å²) in [6, 6.07) is 11.7. The molecule has 1 aliphatic rings. The molecule has 286 valence electrons. The second-order valence-electron chi connectivity index (χ2n) is 16.0. The first-order valence-corrected chi connectivity index (χ1v) is 21.7. The van der Waals surface area contributed by atoms with E-state index in [0.717, 1.165) is 35.3 Å². The Balaban J connectivity index is 1.41. The lowest BCUT2D eigenvalue weighted by Crippen LogP contribution is -2.48. The number of carbonyl (C=O) groups is 1. The number of rotatable bonds is 18. The Morgan fingerprint density at radius 1 is 1.04 bits per heavy atom. The van der Waals surface area contributed by atoms with Crippen LogP contribution in [-0.4, -0.2) is 61.0 Å². The summed E-state index contributed by atoms with van der Waals surface area (Å²) in [7, 11) is -0.503. The third-order valence-corrected chi connectivity index (χ3v) is 15.4. The number of methoxy groups -OCH3 is 1. The van der Waals surface area contributed by atoms with E-state index >= 15 is 0 Å². The third kappa shape index (κ3) is 10.8. The monoisotopic (exact) mass is 735 g/mol. The van der Waals surface area contributed by atoms with Gasteiger partial charge in [0.2, 0.25) is 0 Å². The molecule has 4 rings (SSSR count). The number of hydrogen-bond donors (Lipinski definition) is 2. The summed E-state index contributed by atoms with van der Waals surface area (Å²) in [5.74, 6) is 1.29. The Labute approximate surface area is 311 Å². The van der Waals surface area contributed by atoms with Gasteiger partial charge in [-0.1, -0.05) is 85.2 Å². The van der Waals surface area contributed by atoms with Gasteiger partial charge in [-0.25, -0.2) is 9.78 Å². The Hall–Kier alpha value is -3.44. The summed E-state index contributed by atoms with van der Waals surface area (Å²) < 4.78 is 30.4. The normalized spacial score (nSPS) is 18.1. The van der Waals surface area contributed by atoms with Gasteiger partial charge in [0.15, 0.2) is 14.2 Å². The van der Waals surface area contributed by atoms with Crippen molar-refractivity contribution in [1.82, 2.24) is 4.98 Å². The molecule has 0 amide bonds. The number of oxazole rings is 1. The number of benzene rings is 2. The number of aromatic nitrogens is 1. The predicted molar refractivity (Wildman–Crippen MR) is 207 cm³/mol. The van der Waals surface area contributed by atoms with Crippen molar-refractivity contribution >= 4 is 20.4 Å². The molecule has 0 saturated heterocycles. The largest absolute Gasteiger partial charge is 0.507 e. The highest BCUT2D eigenvalue weighted by Crippen LogP contribution is 2.39. The van der Waals surface area contributed by atoms with Crippen LogP contribution in [-0.2, 0) is 39.8 Å². The van der Waals surface area contributed by atoms with Gasteiger partial charge in [0.25, 0.3) is 0 Å². The number of cyclic esters (lactones) is 1. The van der Waals surface area contributed by atoms with Gasteiger partial charge in [-0.05, 0) is 71.8 Å². The maximum atomic E-state index is 12.9. The van der Waals surface area contributed by atoms with Crippen molar-refractivity contribution in [3.63, 3.8) is 0 Å². The van der Waals surface area contributed by atoms with Crippen LogP contribution in [0.5, 0.6) is 11.5 Å². The SMILES string of the molecule is CC[C@H](C)Cc1ccc2c(c1O)C(=O)O[C@H](C[C@@H](O)/C=C/c1coc(C[C@H](O[Si](C)(C)C(C)(C)C)[C@H](C)[C@@H](CC)OCc3ccc(OC)cc3)n1)C2. The topological polar surface area (TPSA) is 120 Å². The summed E-state index contributed by atoms with van der Waals surface area (Å²) in [6.07, 6.45) is 6.97. The van der Waals surface area contributed by atoms with Gasteiger partial charge in [0.05, 0.1) is 32.0 Å². The Kier molecular flexibility index (Phi) is 14.3. The summed E-state index contributed by atoms with van der Waals surface area (Å²) in [5.41, 5.74) is 3.41. The van der Waals surface area contributed by atoms with E-state index in [1.54, 1.807) is 25.5 Å². The highest BCUT2D eigenvalue weighted by molar-refractivity contribution is 6.74. The fourth-order valence-electron chi connectivity index (χ4n) is 6.31. The van der Waals surface area contributed by atoms with Crippen LogP contribution in [0.3, 0.4) is 0 Å². The van der Waals surface area contributed by atoms with Gasteiger partial charge in [-0.15, -0.1) is 0 Å². The van der Waals surface area contributed by atoms with Crippen LogP contribution < -0.4 is 4.74 Å². The van der Waals surface area contributed by atoms with Crippen LogP contribution in [0.4, 0.5) is 0 Å². The molecule has 2 aromatic carbocycles. The molecule has 0 fully saturated rings. The number of nitrogens with zero attached hydrogens (tertiary/aromatic N) is 1. The number of esters is 1. The minimum atomic E-state index is -2.16. The number of phenolic OH excluding ortho intramolecular Hbond substituents is 1. The standard InChI is InChI=1S/C42H61NO8Si/c1-11-27(3)21-31-16-15-30-22-35(50-41(46)39(30)40(31)45)23-33(44)18-17-32-26-49-38(43-32)24-37(51-52(9,10)42(5,6)7)28(4)36(12-2)48-25-29-13-19-34(47-8)20-14-29/h13-20,26-28,33,35-37,44-45H,11-12,21-25H2,1-10H3/b18-17+/t27-,28+,33-,35-,36+,37-/m0/s1. The molecule has 0 spiro atoms. The molecule has 2 N–H and O–H groups in total. The number of aliphatic hydroxyl groups is 1. The molecule has 9 nitrogen and oxygen atoms in total. The number of carbonyl (C=O) groups excluding carboxylic acids is 1. The summed E-state index contributed by atoms with van der Waals surface area (Å²) in [6.45, 7) is 20.3. The van der Waals surface area contributed by atoms with Gasteiger partial charge < -0.3 is 33.3 Å². The summed E-state index contributed by atoms with van der Waals surface area (Å²) in [5, 5.41) is 21.7. The molecule has 0 radical (unpaired) electrons. The van der Waals surface area contributed by atoms with E-state index in [-0.39, 0.29) is 40.9 Å². The predicted octanol–water partition coefficient (Wildman–Crippen LogP) is 9.09. The number of ether oxygens (including phenoxy) is 3. The maximum absolute atomic E-state index is 12.9. The molecule has 10 heteroatoms. The van der Waals surface area contributed by atoms with Gasteiger partial charge in [0, 0.05) is 25.2 Å². The van der Waals surface area contributed by atoms with E-state index in [2.05, 4.69) is 61.6 Å². The molecule has 3 aromatic rings. The smallest absolute Gasteiger partial charge is 0.342 e. The molecule has 1 aromatic heterocycles. The van der Waals surface area contributed by atoms with E-state index in [1.165, 1.54) is 0 Å². The minimum absolute atomic E-state index is 0.0150.